The van der Waals surface area contributed by atoms with Crippen molar-refractivity contribution in [2.45, 2.75) is 0 Å². The van der Waals surface area contributed by atoms with E-state index in [9.17, 15) is 0 Å². The molecule has 0 N–H and O–H groups in total. The van der Waals surface area contributed by atoms with Gasteiger partial charge in [0.2, 0.25) is 0 Å². The number of aromatic nitrogens is 3. The summed E-state index contributed by atoms with van der Waals surface area (Å²) in [5.74, 6) is 0. The average molecular weight is 203 g/mol. The smallest absolute Gasteiger partial charge is 0.182 e. The van der Waals surface area contributed by atoms with Gasteiger partial charge in [0.1, 0.15) is 16.0 Å². The second-order valence-electron chi connectivity index (χ2n) is 2.75. The van der Waals surface area contributed by atoms with Crippen molar-refractivity contribution in [3.63, 3.8) is 0 Å². The molecule has 4 nitrogen and oxygen atoms in total. The molecular formula is C9H5N3OS. The Morgan fingerprint density at radius 2 is 2.29 bits per heavy atom. The summed E-state index contributed by atoms with van der Waals surface area (Å²) >= 11 is 1.49. The topological polar surface area (TPSA) is 51.8 Å². The predicted octanol–water partition coefficient (Wildman–Crippen LogP) is 2.35. The molecule has 2 heterocycles. The van der Waals surface area contributed by atoms with Crippen LogP contribution in [0.5, 0.6) is 0 Å². The molecule has 0 radical (unpaired) electrons. The number of fused-ring (bicyclic) bond motifs is 1. The standard InChI is InChI=1S/C9H5N3OS/c1-2-6(9-12-11-5-14-9)8-7(3-1)13-4-10-8/h1-5H. The molecule has 14 heavy (non-hydrogen) atoms. The Morgan fingerprint density at radius 3 is 3.14 bits per heavy atom. The Morgan fingerprint density at radius 1 is 1.29 bits per heavy atom. The zero-order valence-corrected chi connectivity index (χ0v) is 7.86. The Balaban J connectivity index is 2.36. The van der Waals surface area contributed by atoms with Crippen molar-refractivity contribution >= 4 is 22.4 Å². The third-order valence-electron chi connectivity index (χ3n) is 1.95. The molecule has 0 aliphatic rings. The van der Waals surface area contributed by atoms with Gasteiger partial charge in [0, 0.05) is 5.56 Å². The number of nitrogens with zero attached hydrogens (tertiary/aromatic N) is 3. The maximum atomic E-state index is 5.20. The molecule has 3 aromatic rings. The number of oxazole rings is 1. The fraction of sp³-hybridized carbons (Fsp3) is 0. The van der Waals surface area contributed by atoms with Crippen molar-refractivity contribution in [1.29, 1.82) is 0 Å². The SMILES string of the molecule is c1cc(-c2nncs2)c2ncoc2c1. The van der Waals surface area contributed by atoms with Gasteiger partial charge in [0.15, 0.2) is 12.0 Å². The summed E-state index contributed by atoms with van der Waals surface area (Å²) < 4.78 is 5.20. The Labute approximate surface area is 83.2 Å². The summed E-state index contributed by atoms with van der Waals surface area (Å²) in [7, 11) is 0. The minimum absolute atomic E-state index is 0.776. The maximum Gasteiger partial charge on any atom is 0.182 e. The molecule has 0 saturated heterocycles. The highest BCUT2D eigenvalue weighted by Crippen LogP contribution is 2.27. The highest BCUT2D eigenvalue weighted by Gasteiger charge is 2.08. The van der Waals surface area contributed by atoms with Gasteiger partial charge in [-0.3, -0.25) is 0 Å². The Hall–Kier alpha value is -1.75. The van der Waals surface area contributed by atoms with Crippen LogP contribution in [0, 0.1) is 0 Å². The van der Waals surface area contributed by atoms with Crippen LogP contribution in [-0.4, -0.2) is 15.2 Å². The molecule has 0 amide bonds. The van der Waals surface area contributed by atoms with E-state index >= 15 is 0 Å². The van der Waals surface area contributed by atoms with E-state index in [1.807, 2.05) is 18.2 Å². The van der Waals surface area contributed by atoms with E-state index in [0.29, 0.717) is 0 Å². The molecule has 1 aromatic carbocycles. The Bertz CT molecular complexity index is 558. The molecule has 0 spiro atoms. The number of hydrogen-bond donors (Lipinski definition) is 0. The molecule has 0 unspecified atom stereocenters. The quantitative estimate of drug-likeness (QED) is 0.609. The van der Waals surface area contributed by atoms with Crippen LogP contribution in [-0.2, 0) is 0 Å². The van der Waals surface area contributed by atoms with Gasteiger partial charge in [-0.05, 0) is 12.1 Å². The lowest BCUT2D eigenvalue weighted by Crippen LogP contribution is -1.79. The molecule has 2 aromatic heterocycles. The second-order valence-corrected chi connectivity index (χ2v) is 3.58. The van der Waals surface area contributed by atoms with Crippen LogP contribution in [0.3, 0.4) is 0 Å². The largest absolute Gasteiger partial charge is 0.443 e. The fourth-order valence-corrected chi connectivity index (χ4v) is 1.93. The zero-order chi connectivity index (χ0) is 9.38. The first-order valence-corrected chi connectivity index (χ1v) is 4.92. The Kier molecular flexibility index (Phi) is 1.57. The van der Waals surface area contributed by atoms with Crippen LogP contribution in [0.15, 0.2) is 34.5 Å². The molecule has 68 valence electrons. The number of hydrogen-bond acceptors (Lipinski definition) is 5. The highest BCUT2D eigenvalue weighted by molar-refractivity contribution is 7.12. The van der Waals surface area contributed by atoms with Crippen LogP contribution in [0.1, 0.15) is 0 Å². The van der Waals surface area contributed by atoms with Crippen molar-refractivity contribution < 1.29 is 4.42 Å². The van der Waals surface area contributed by atoms with Gasteiger partial charge in [-0.2, -0.15) is 0 Å². The van der Waals surface area contributed by atoms with Gasteiger partial charge in [-0.25, -0.2) is 4.98 Å². The van der Waals surface area contributed by atoms with Gasteiger partial charge in [-0.1, -0.05) is 17.4 Å². The van der Waals surface area contributed by atoms with Gasteiger partial charge in [0.05, 0.1) is 0 Å². The summed E-state index contributed by atoms with van der Waals surface area (Å²) in [5, 5.41) is 8.67. The van der Waals surface area contributed by atoms with E-state index in [1.165, 1.54) is 17.7 Å². The van der Waals surface area contributed by atoms with Crippen LogP contribution >= 0.6 is 11.3 Å². The van der Waals surface area contributed by atoms with Crippen molar-refractivity contribution in [3.8, 4) is 10.6 Å². The molecule has 0 bridgehead atoms. The molecule has 0 saturated carbocycles. The molecule has 0 atom stereocenters. The van der Waals surface area contributed by atoms with Crippen molar-refractivity contribution in [1.82, 2.24) is 15.2 Å². The van der Waals surface area contributed by atoms with E-state index in [1.54, 1.807) is 5.51 Å². The van der Waals surface area contributed by atoms with E-state index in [2.05, 4.69) is 15.2 Å². The lowest BCUT2D eigenvalue weighted by atomic mass is 10.2. The van der Waals surface area contributed by atoms with Crippen LogP contribution in [0.2, 0.25) is 0 Å². The number of para-hydroxylation sites is 1. The van der Waals surface area contributed by atoms with Crippen molar-refractivity contribution in [2.75, 3.05) is 0 Å². The fourth-order valence-electron chi connectivity index (χ4n) is 1.35. The molecule has 0 aliphatic carbocycles. The number of rotatable bonds is 1. The normalized spacial score (nSPS) is 10.9. The lowest BCUT2D eigenvalue weighted by Gasteiger charge is -1.94. The molecule has 3 rings (SSSR count). The minimum Gasteiger partial charge on any atom is -0.443 e. The first-order valence-electron chi connectivity index (χ1n) is 4.04. The second kappa shape index (κ2) is 2.88. The van der Waals surface area contributed by atoms with E-state index < -0.39 is 0 Å². The molecule has 0 aliphatic heterocycles. The summed E-state index contributed by atoms with van der Waals surface area (Å²) in [4.78, 5) is 4.15. The predicted molar refractivity (Wildman–Crippen MR) is 52.9 cm³/mol. The summed E-state index contributed by atoms with van der Waals surface area (Å²) in [6.07, 6.45) is 1.44. The maximum absolute atomic E-state index is 5.20. The first kappa shape index (κ1) is 7.64. The first-order chi connectivity index (χ1) is 6.95. The molecule has 5 heteroatoms. The average Bonchev–Trinajstić information content (AvgIpc) is 2.88. The van der Waals surface area contributed by atoms with Crippen molar-refractivity contribution in [2.24, 2.45) is 0 Å². The third-order valence-corrected chi connectivity index (χ3v) is 2.68. The van der Waals surface area contributed by atoms with Crippen LogP contribution in [0.25, 0.3) is 21.7 Å². The lowest BCUT2D eigenvalue weighted by molar-refractivity contribution is 0.602. The minimum atomic E-state index is 0.776. The van der Waals surface area contributed by atoms with Crippen LogP contribution in [0.4, 0.5) is 0 Å². The monoisotopic (exact) mass is 203 g/mol. The van der Waals surface area contributed by atoms with Crippen LogP contribution < -0.4 is 0 Å². The van der Waals surface area contributed by atoms with E-state index in [0.717, 1.165) is 21.7 Å². The zero-order valence-electron chi connectivity index (χ0n) is 7.04. The third kappa shape index (κ3) is 1.03. The van der Waals surface area contributed by atoms with E-state index in [4.69, 9.17) is 4.42 Å². The van der Waals surface area contributed by atoms with Gasteiger partial charge < -0.3 is 4.42 Å². The summed E-state index contributed by atoms with van der Waals surface area (Å²) in [6, 6.07) is 5.77. The molecular weight excluding hydrogens is 198 g/mol. The van der Waals surface area contributed by atoms with Gasteiger partial charge in [-0.15, -0.1) is 10.2 Å². The highest BCUT2D eigenvalue weighted by atomic mass is 32.1. The summed E-state index contributed by atoms with van der Waals surface area (Å²) in [6.45, 7) is 0. The van der Waals surface area contributed by atoms with Gasteiger partial charge >= 0.3 is 0 Å². The number of benzene rings is 1. The summed E-state index contributed by atoms with van der Waals surface area (Å²) in [5.41, 5.74) is 4.29. The van der Waals surface area contributed by atoms with E-state index in [-0.39, 0.29) is 0 Å². The van der Waals surface area contributed by atoms with Crippen molar-refractivity contribution in [3.05, 3.63) is 30.1 Å². The molecule has 0 fully saturated rings. The van der Waals surface area contributed by atoms with Gasteiger partial charge in [0.25, 0.3) is 0 Å².